The average Bonchev–Trinajstić information content (AvgIpc) is 2.87. The standard InChI is InChI=1S/C14H17FN4O/c15-10-3-4-11-12(6-10)19-13(18-11)8-17-14(20)9-2-1-5-16-7-9/h3-4,6,9,16H,1-2,5,7-8H2,(H,17,20)(H,18,19). The van der Waals surface area contributed by atoms with Crippen LogP contribution >= 0.6 is 0 Å². The molecule has 3 rings (SSSR count). The van der Waals surface area contributed by atoms with Crippen LogP contribution < -0.4 is 10.6 Å². The van der Waals surface area contributed by atoms with E-state index in [1.807, 2.05) is 0 Å². The third-order valence-corrected chi connectivity index (χ3v) is 3.59. The number of imidazole rings is 1. The summed E-state index contributed by atoms with van der Waals surface area (Å²) in [5.41, 5.74) is 1.35. The molecule has 0 saturated carbocycles. The van der Waals surface area contributed by atoms with Crippen LogP contribution in [0.15, 0.2) is 18.2 Å². The molecule has 0 spiro atoms. The fourth-order valence-electron chi connectivity index (χ4n) is 2.51. The Morgan fingerprint density at radius 2 is 2.40 bits per heavy atom. The number of hydrogen-bond donors (Lipinski definition) is 3. The summed E-state index contributed by atoms with van der Waals surface area (Å²) >= 11 is 0. The first-order valence-electron chi connectivity index (χ1n) is 6.85. The number of hydrogen-bond acceptors (Lipinski definition) is 3. The predicted molar refractivity (Wildman–Crippen MR) is 73.5 cm³/mol. The molecule has 6 heteroatoms. The number of piperidine rings is 1. The number of nitrogens with zero attached hydrogens (tertiary/aromatic N) is 1. The monoisotopic (exact) mass is 276 g/mol. The molecule has 0 bridgehead atoms. The van der Waals surface area contributed by atoms with Gasteiger partial charge < -0.3 is 15.6 Å². The molecule has 1 aliphatic rings. The van der Waals surface area contributed by atoms with Gasteiger partial charge in [0, 0.05) is 6.54 Å². The van der Waals surface area contributed by atoms with Crippen LogP contribution in [0.2, 0.25) is 0 Å². The van der Waals surface area contributed by atoms with Gasteiger partial charge in [-0.1, -0.05) is 0 Å². The van der Waals surface area contributed by atoms with Gasteiger partial charge in [0.2, 0.25) is 5.91 Å². The van der Waals surface area contributed by atoms with E-state index in [9.17, 15) is 9.18 Å². The van der Waals surface area contributed by atoms with Gasteiger partial charge in [-0.2, -0.15) is 0 Å². The minimum Gasteiger partial charge on any atom is -0.349 e. The highest BCUT2D eigenvalue weighted by atomic mass is 19.1. The van der Waals surface area contributed by atoms with Gasteiger partial charge >= 0.3 is 0 Å². The first-order valence-corrected chi connectivity index (χ1v) is 6.85. The van der Waals surface area contributed by atoms with Crippen LogP contribution in [0.1, 0.15) is 18.7 Å². The van der Waals surface area contributed by atoms with E-state index in [-0.39, 0.29) is 17.6 Å². The summed E-state index contributed by atoms with van der Waals surface area (Å²) < 4.78 is 13.1. The lowest BCUT2D eigenvalue weighted by molar-refractivity contribution is -0.125. The van der Waals surface area contributed by atoms with E-state index in [2.05, 4.69) is 20.6 Å². The Bertz CT molecular complexity index is 619. The first-order chi connectivity index (χ1) is 9.72. The third-order valence-electron chi connectivity index (χ3n) is 3.59. The van der Waals surface area contributed by atoms with Crippen molar-refractivity contribution >= 4 is 16.9 Å². The van der Waals surface area contributed by atoms with Gasteiger partial charge in [0.25, 0.3) is 0 Å². The number of carbonyl (C=O) groups excluding carboxylic acids is 1. The van der Waals surface area contributed by atoms with Gasteiger partial charge in [-0.05, 0) is 37.6 Å². The maximum atomic E-state index is 13.1. The topological polar surface area (TPSA) is 69.8 Å². The molecular weight excluding hydrogens is 259 g/mol. The number of nitrogens with one attached hydrogen (secondary N) is 3. The Morgan fingerprint density at radius 3 is 3.20 bits per heavy atom. The number of rotatable bonds is 3. The smallest absolute Gasteiger partial charge is 0.224 e. The van der Waals surface area contributed by atoms with E-state index in [1.54, 1.807) is 6.07 Å². The lowest BCUT2D eigenvalue weighted by atomic mass is 9.99. The van der Waals surface area contributed by atoms with Gasteiger partial charge in [0.15, 0.2) is 0 Å². The highest BCUT2D eigenvalue weighted by Crippen LogP contribution is 2.13. The third kappa shape index (κ3) is 2.80. The van der Waals surface area contributed by atoms with Crippen molar-refractivity contribution in [2.45, 2.75) is 19.4 Å². The number of halogens is 1. The number of fused-ring (bicyclic) bond motifs is 1. The maximum Gasteiger partial charge on any atom is 0.224 e. The maximum absolute atomic E-state index is 13.1. The summed E-state index contributed by atoms with van der Waals surface area (Å²) in [6.45, 7) is 2.06. The zero-order valence-electron chi connectivity index (χ0n) is 11.1. The van der Waals surface area contributed by atoms with Crippen molar-refractivity contribution in [2.24, 2.45) is 5.92 Å². The van der Waals surface area contributed by atoms with Gasteiger partial charge in [0.05, 0.1) is 23.5 Å². The van der Waals surface area contributed by atoms with E-state index in [0.29, 0.717) is 23.4 Å². The van der Waals surface area contributed by atoms with Crippen LogP contribution in [0, 0.1) is 11.7 Å². The number of benzene rings is 1. The van der Waals surface area contributed by atoms with Gasteiger partial charge in [-0.25, -0.2) is 9.37 Å². The Balaban J connectivity index is 1.63. The molecule has 1 aromatic heterocycles. The molecule has 1 aromatic carbocycles. The molecule has 1 fully saturated rings. The minimum absolute atomic E-state index is 0.0329. The summed E-state index contributed by atoms with van der Waals surface area (Å²) in [6.07, 6.45) is 1.95. The Morgan fingerprint density at radius 1 is 1.50 bits per heavy atom. The molecule has 106 valence electrons. The normalized spacial score (nSPS) is 19.1. The number of aromatic nitrogens is 2. The van der Waals surface area contributed by atoms with Gasteiger partial charge in [0.1, 0.15) is 11.6 Å². The van der Waals surface area contributed by atoms with Crippen molar-refractivity contribution in [1.82, 2.24) is 20.6 Å². The van der Waals surface area contributed by atoms with E-state index in [4.69, 9.17) is 0 Å². The van der Waals surface area contributed by atoms with Gasteiger partial charge in [-0.15, -0.1) is 0 Å². The first kappa shape index (κ1) is 13.1. The van der Waals surface area contributed by atoms with Crippen LogP contribution in [0.3, 0.4) is 0 Å². The number of amides is 1. The van der Waals surface area contributed by atoms with Crippen molar-refractivity contribution in [3.8, 4) is 0 Å². The Kier molecular flexibility index (Phi) is 3.64. The number of aromatic amines is 1. The lowest BCUT2D eigenvalue weighted by Gasteiger charge is -2.21. The van der Waals surface area contributed by atoms with E-state index in [1.165, 1.54) is 12.1 Å². The molecule has 3 N–H and O–H groups in total. The second kappa shape index (κ2) is 5.58. The number of carbonyl (C=O) groups is 1. The van der Waals surface area contributed by atoms with Crippen molar-refractivity contribution < 1.29 is 9.18 Å². The summed E-state index contributed by atoms with van der Waals surface area (Å²) in [5, 5.41) is 6.09. The van der Waals surface area contributed by atoms with Gasteiger partial charge in [-0.3, -0.25) is 4.79 Å². The minimum atomic E-state index is -0.301. The molecule has 2 heterocycles. The van der Waals surface area contributed by atoms with E-state index in [0.717, 1.165) is 25.9 Å². The Hall–Kier alpha value is -1.95. The molecule has 1 unspecified atom stereocenters. The quantitative estimate of drug-likeness (QED) is 0.792. The zero-order valence-corrected chi connectivity index (χ0v) is 11.1. The lowest BCUT2D eigenvalue weighted by Crippen LogP contribution is -2.40. The second-order valence-corrected chi connectivity index (χ2v) is 5.11. The van der Waals surface area contributed by atoms with Crippen molar-refractivity contribution in [3.63, 3.8) is 0 Å². The van der Waals surface area contributed by atoms with E-state index < -0.39 is 0 Å². The zero-order chi connectivity index (χ0) is 13.9. The Labute approximate surface area is 116 Å². The van der Waals surface area contributed by atoms with Crippen LogP contribution in [0.5, 0.6) is 0 Å². The van der Waals surface area contributed by atoms with E-state index >= 15 is 0 Å². The van der Waals surface area contributed by atoms with Crippen molar-refractivity contribution in [2.75, 3.05) is 13.1 Å². The fourth-order valence-corrected chi connectivity index (χ4v) is 2.51. The molecule has 0 aliphatic carbocycles. The summed E-state index contributed by atoms with van der Waals surface area (Å²) in [5.74, 6) is 0.419. The second-order valence-electron chi connectivity index (χ2n) is 5.11. The molecule has 2 aromatic rings. The molecule has 5 nitrogen and oxygen atoms in total. The fraction of sp³-hybridized carbons (Fsp3) is 0.429. The molecule has 1 atom stereocenters. The molecule has 0 radical (unpaired) electrons. The van der Waals surface area contributed by atoms with Crippen LogP contribution in [-0.4, -0.2) is 29.0 Å². The highest BCUT2D eigenvalue weighted by Gasteiger charge is 2.20. The van der Waals surface area contributed by atoms with Crippen LogP contribution in [0.25, 0.3) is 11.0 Å². The largest absolute Gasteiger partial charge is 0.349 e. The number of H-pyrrole nitrogens is 1. The van der Waals surface area contributed by atoms with Crippen molar-refractivity contribution in [3.05, 3.63) is 29.8 Å². The summed E-state index contributed by atoms with van der Waals surface area (Å²) in [4.78, 5) is 19.3. The highest BCUT2D eigenvalue weighted by molar-refractivity contribution is 5.79. The summed E-state index contributed by atoms with van der Waals surface area (Å²) in [7, 11) is 0. The molecule has 1 saturated heterocycles. The molecule has 1 amide bonds. The predicted octanol–water partition coefficient (Wildman–Crippen LogP) is 1.32. The molecule has 20 heavy (non-hydrogen) atoms. The van der Waals surface area contributed by atoms with Crippen molar-refractivity contribution in [1.29, 1.82) is 0 Å². The molecule has 1 aliphatic heterocycles. The molecular formula is C14H17FN4O. The van der Waals surface area contributed by atoms with Crippen LogP contribution in [-0.2, 0) is 11.3 Å². The SMILES string of the molecule is O=C(NCc1nc2ccc(F)cc2[nH]1)C1CCCNC1. The average molecular weight is 276 g/mol. The summed E-state index contributed by atoms with van der Waals surface area (Å²) in [6, 6.07) is 4.40. The van der Waals surface area contributed by atoms with Crippen LogP contribution in [0.4, 0.5) is 4.39 Å².